The van der Waals surface area contributed by atoms with Gasteiger partial charge in [-0.2, -0.15) is 0 Å². The molecular formula is C23H26N6O4. The third-order valence-corrected chi connectivity index (χ3v) is 5.98. The first-order valence-electron chi connectivity index (χ1n) is 10.9. The Labute approximate surface area is 190 Å². The second-order valence-electron chi connectivity index (χ2n) is 8.14. The van der Waals surface area contributed by atoms with Crippen LogP contribution in [0.2, 0.25) is 0 Å². The van der Waals surface area contributed by atoms with Crippen LogP contribution >= 0.6 is 0 Å². The van der Waals surface area contributed by atoms with E-state index in [1.165, 1.54) is 4.40 Å². The number of hydrogen-bond donors (Lipinski definition) is 1. The first-order valence-corrected chi connectivity index (χ1v) is 10.9. The zero-order valence-electron chi connectivity index (χ0n) is 18.4. The standard InChI is InChI=1S/C23H26N6O4/c1-26-7-8-28(23(26)31)18-13-17(27-9-11-32-12-10-27)14-29-21(18)25-20(24)19(22(29)30)33-15-16-5-3-2-4-6-16/h2-6,13-14H,7-12,15,24H2,1H3. The number of carbonyl (C=O) groups excluding carboxylic acids is 1. The Morgan fingerprint density at radius 3 is 2.55 bits per heavy atom. The van der Waals surface area contributed by atoms with E-state index < -0.39 is 5.56 Å². The SMILES string of the molecule is CN1CCN(c2cc(N3CCOCC3)cn3c(=O)c(OCc4ccccc4)c(N)nc23)C1=O. The highest BCUT2D eigenvalue weighted by Crippen LogP contribution is 2.31. The molecule has 10 nitrogen and oxygen atoms in total. The Bertz CT molecular complexity index is 1240. The molecule has 0 radical (unpaired) electrons. The highest BCUT2D eigenvalue weighted by Gasteiger charge is 2.30. The molecule has 2 amide bonds. The average molecular weight is 450 g/mol. The van der Waals surface area contributed by atoms with Crippen molar-refractivity contribution in [1.82, 2.24) is 14.3 Å². The van der Waals surface area contributed by atoms with Crippen molar-refractivity contribution in [2.75, 3.05) is 62.0 Å². The van der Waals surface area contributed by atoms with Gasteiger partial charge in [-0.05, 0) is 11.6 Å². The maximum atomic E-state index is 13.5. The molecule has 5 rings (SSSR count). The zero-order valence-corrected chi connectivity index (χ0v) is 18.4. The smallest absolute Gasteiger partial charge is 0.324 e. The van der Waals surface area contributed by atoms with Crippen molar-refractivity contribution in [3.05, 3.63) is 58.5 Å². The van der Waals surface area contributed by atoms with Gasteiger partial charge in [0.2, 0.25) is 5.75 Å². The molecule has 0 saturated carbocycles. The fourth-order valence-corrected chi connectivity index (χ4v) is 4.14. The van der Waals surface area contributed by atoms with Gasteiger partial charge < -0.3 is 25.0 Å². The predicted molar refractivity (Wildman–Crippen MR) is 125 cm³/mol. The molecule has 2 aliphatic heterocycles. The van der Waals surface area contributed by atoms with E-state index in [4.69, 9.17) is 15.2 Å². The van der Waals surface area contributed by atoms with Crippen molar-refractivity contribution < 1.29 is 14.3 Å². The van der Waals surface area contributed by atoms with Crippen LogP contribution < -0.4 is 25.8 Å². The molecule has 1 aromatic carbocycles. The molecule has 0 unspecified atom stereocenters. The van der Waals surface area contributed by atoms with E-state index in [1.807, 2.05) is 36.4 Å². The lowest BCUT2D eigenvalue weighted by Crippen LogP contribution is -2.37. The molecule has 0 atom stereocenters. The lowest BCUT2D eigenvalue weighted by Gasteiger charge is -2.30. The molecule has 3 aromatic rings. The molecule has 2 fully saturated rings. The minimum Gasteiger partial charge on any atom is -0.480 e. The summed E-state index contributed by atoms with van der Waals surface area (Å²) in [5.74, 6) is -0.0115. The minimum absolute atomic E-state index is 0.00342. The summed E-state index contributed by atoms with van der Waals surface area (Å²) < 4.78 is 12.7. The zero-order chi connectivity index (χ0) is 22.9. The van der Waals surface area contributed by atoms with Gasteiger partial charge >= 0.3 is 11.6 Å². The number of nitrogens with zero attached hydrogens (tertiary/aromatic N) is 5. The van der Waals surface area contributed by atoms with Gasteiger partial charge in [-0.15, -0.1) is 0 Å². The molecule has 33 heavy (non-hydrogen) atoms. The molecule has 2 saturated heterocycles. The van der Waals surface area contributed by atoms with Crippen LogP contribution in [0, 0.1) is 0 Å². The summed E-state index contributed by atoms with van der Waals surface area (Å²) in [4.78, 5) is 36.2. The molecule has 172 valence electrons. The summed E-state index contributed by atoms with van der Waals surface area (Å²) in [6.07, 6.45) is 1.73. The van der Waals surface area contributed by atoms with Crippen LogP contribution in [0.25, 0.3) is 5.65 Å². The van der Waals surface area contributed by atoms with Gasteiger partial charge in [0.1, 0.15) is 6.61 Å². The number of anilines is 3. The van der Waals surface area contributed by atoms with Crippen LogP contribution in [-0.2, 0) is 11.3 Å². The number of likely N-dealkylation sites (N-methyl/N-ethyl adjacent to an activating group) is 1. The molecular weight excluding hydrogens is 424 g/mol. The van der Waals surface area contributed by atoms with Gasteiger partial charge in [0.15, 0.2) is 11.5 Å². The summed E-state index contributed by atoms with van der Waals surface area (Å²) in [7, 11) is 1.75. The number of carbonyl (C=O) groups is 1. The third kappa shape index (κ3) is 3.93. The number of aromatic nitrogens is 2. The topological polar surface area (TPSA) is 106 Å². The number of nitrogens with two attached hydrogens (primary N) is 1. The van der Waals surface area contributed by atoms with E-state index in [9.17, 15) is 9.59 Å². The Kier molecular flexibility index (Phi) is 5.51. The van der Waals surface area contributed by atoms with E-state index in [1.54, 1.807) is 23.0 Å². The fraction of sp³-hybridized carbons (Fsp3) is 0.348. The second-order valence-corrected chi connectivity index (χ2v) is 8.14. The van der Waals surface area contributed by atoms with Crippen molar-refractivity contribution in [2.45, 2.75) is 6.61 Å². The van der Waals surface area contributed by atoms with Crippen LogP contribution in [0.5, 0.6) is 5.75 Å². The maximum absolute atomic E-state index is 13.5. The van der Waals surface area contributed by atoms with Gasteiger partial charge in [0.25, 0.3) is 0 Å². The lowest BCUT2D eigenvalue weighted by atomic mass is 10.2. The van der Waals surface area contributed by atoms with Crippen molar-refractivity contribution in [2.24, 2.45) is 0 Å². The van der Waals surface area contributed by atoms with Crippen LogP contribution in [-0.4, -0.2) is 66.8 Å². The number of hydrogen-bond acceptors (Lipinski definition) is 7. The number of benzene rings is 1. The van der Waals surface area contributed by atoms with Crippen molar-refractivity contribution >= 4 is 28.9 Å². The largest absolute Gasteiger partial charge is 0.480 e. The number of fused-ring (bicyclic) bond motifs is 1. The van der Waals surface area contributed by atoms with Crippen LogP contribution in [0.1, 0.15) is 5.56 Å². The first-order chi connectivity index (χ1) is 16.0. The Balaban J connectivity index is 1.62. The molecule has 0 bridgehead atoms. The highest BCUT2D eigenvalue weighted by atomic mass is 16.5. The Morgan fingerprint density at radius 1 is 1.09 bits per heavy atom. The quantitative estimate of drug-likeness (QED) is 0.629. The van der Waals surface area contributed by atoms with Crippen LogP contribution in [0.15, 0.2) is 47.4 Å². The monoisotopic (exact) mass is 450 g/mol. The molecule has 2 aliphatic rings. The van der Waals surface area contributed by atoms with Gasteiger partial charge in [-0.25, -0.2) is 9.78 Å². The molecule has 2 aromatic heterocycles. The Morgan fingerprint density at radius 2 is 1.85 bits per heavy atom. The van der Waals surface area contributed by atoms with Gasteiger partial charge in [0.05, 0.1) is 24.6 Å². The number of rotatable bonds is 5. The summed E-state index contributed by atoms with van der Waals surface area (Å²) in [6.45, 7) is 3.85. The first kappa shape index (κ1) is 21.1. The summed E-state index contributed by atoms with van der Waals surface area (Å²) in [5.41, 5.74) is 8.35. The Hall–Kier alpha value is -3.79. The second kappa shape index (κ2) is 8.62. The number of pyridine rings is 1. The van der Waals surface area contributed by atoms with Crippen LogP contribution in [0.3, 0.4) is 0 Å². The number of nitrogen functional groups attached to an aromatic ring is 1. The highest BCUT2D eigenvalue weighted by molar-refractivity contribution is 5.98. The molecule has 0 spiro atoms. The van der Waals surface area contributed by atoms with Crippen molar-refractivity contribution in [1.29, 1.82) is 0 Å². The van der Waals surface area contributed by atoms with E-state index in [2.05, 4.69) is 9.88 Å². The number of urea groups is 1. The molecule has 0 aliphatic carbocycles. The van der Waals surface area contributed by atoms with E-state index in [0.717, 1.165) is 11.3 Å². The van der Waals surface area contributed by atoms with E-state index in [-0.39, 0.29) is 24.2 Å². The van der Waals surface area contributed by atoms with E-state index >= 15 is 0 Å². The normalized spacial score (nSPS) is 16.6. The average Bonchev–Trinajstić information content (AvgIpc) is 3.17. The fourth-order valence-electron chi connectivity index (χ4n) is 4.14. The molecule has 10 heteroatoms. The van der Waals surface area contributed by atoms with Crippen molar-refractivity contribution in [3.8, 4) is 5.75 Å². The van der Waals surface area contributed by atoms with Gasteiger partial charge in [-0.3, -0.25) is 14.1 Å². The maximum Gasteiger partial charge on any atom is 0.324 e. The predicted octanol–water partition coefficient (Wildman–Crippen LogP) is 1.56. The van der Waals surface area contributed by atoms with Crippen LogP contribution in [0.4, 0.5) is 22.0 Å². The van der Waals surface area contributed by atoms with Gasteiger partial charge in [0, 0.05) is 39.4 Å². The minimum atomic E-state index is -0.412. The summed E-state index contributed by atoms with van der Waals surface area (Å²) in [6, 6.07) is 11.3. The molecule has 2 N–H and O–H groups in total. The third-order valence-electron chi connectivity index (χ3n) is 5.98. The van der Waals surface area contributed by atoms with Gasteiger partial charge in [-0.1, -0.05) is 30.3 Å². The van der Waals surface area contributed by atoms with E-state index in [0.29, 0.717) is 50.7 Å². The van der Waals surface area contributed by atoms with Crippen molar-refractivity contribution in [3.63, 3.8) is 0 Å². The number of ether oxygens (including phenoxy) is 2. The summed E-state index contributed by atoms with van der Waals surface area (Å²) in [5, 5.41) is 0. The lowest BCUT2D eigenvalue weighted by molar-refractivity contribution is 0.122. The number of amides is 2. The molecule has 4 heterocycles. The number of morpholine rings is 1. The summed E-state index contributed by atoms with van der Waals surface area (Å²) >= 11 is 0.